The second kappa shape index (κ2) is 8.48. The summed E-state index contributed by atoms with van der Waals surface area (Å²) in [4.78, 5) is 14.6. The van der Waals surface area contributed by atoms with Crippen molar-refractivity contribution >= 4 is 23.0 Å². The Kier molecular flexibility index (Phi) is 5.62. The fraction of sp³-hybridized carbons (Fsp3) is 0.143. The molecule has 0 atom stereocenters. The number of hydroxylamine groups is 1. The summed E-state index contributed by atoms with van der Waals surface area (Å²) in [7, 11) is 1.86. The smallest absolute Gasteiger partial charge is 0.322 e. The van der Waals surface area contributed by atoms with Crippen LogP contribution in [0.2, 0.25) is 5.02 Å². The molecule has 1 N–H and O–H groups in total. The number of ether oxygens (including phenoxy) is 1. The Balaban J connectivity index is 1.75. The zero-order chi connectivity index (χ0) is 20.2. The van der Waals surface area contributed by atoms with Gasteiger partial charge >= 0.3 is 6.01 Å². The van der Waals surface area contributed by atoms with E-state index in [2.05, 4.69) is 15.4 Å². The Bertz CT molecular complexity index is 1010. The van der Waals surface area contributed by atoms with E-state index in [9.17, 15) is 0 Å². The van der Waals surface area contributed by atoms with Gasteiger partial charge in [0.05, 0.1) is 12.3 Å². The summed E-state index contributed by atoms with van der Waals surface area (Å²) in [6, 6.07) is 19.1. The Hall–Kier alpha value is -3.13. The van der Waals surface area contributed by atoms with Gasteiger partial charge < -0.3 is 4.74 Å². The molecule has 1 aliphatic rings. The van der Waals surface area contributed by atoms with Crippen molar-refractivity contribution in [2.75, 3.05) is 13.7 Å². The molecule has 2 heterocycles. The highest BCUT2D eigenvalue weighted by Crippen LogP contribution is 2.34. The minimum atomic E-state index is 0.260. The van der Waals surface area contributed by atoms with E-state index in [0.29, 0.717) is 23.1 Å². The summed E-state index contributed by atoms with van der Waals surface area (Å²) in [5, 5.41) is 4.11. The normalized spacial score (nSPS) is 14.2. The fourth-order valence-corrected chi connectivity index (χ4v) is 3.07. The van der Waals surface area contributed by atoms with Crippen LogP contribution in [0.3, 0.4) is 0 Å². The van der Waals surface area contributed by atoms with Crippen LogP contribution in [0.5, 0.6) is 11.8 Å². The molecule has 2 aromatic carbocycles. The van der Waals surface area contributed by atoms with E-state index in [0.717, 1.165) is 17.0 Å². The zero-order valence-electron chi connectivity index (χ0n) is 16.0. The number of para-hydroxylation sites is 1. The van der Waals surface area contributed by atoms with Crippen LogP contribution in [0.15, 0.2) is 66.9 Å². The van der Waals surface area contributed by atoms with E-state index in [1.54, 1.807) is 16.5 Å². The highest BCUT2D eigenvalue weighted by molar-refractivity contribution is 6.30. The topological polar surface area (TPSA) is 62.8 Å². The number of benzene rings is 2. The number of hydrazine groups is 2. The predicted octanol–water partition coefficient (Wildman–Crippen LogP) is 4.37. The quantitative estimate of drug-likeness (QED) is 0.648. The molecular weight excluding hydrogens is 390 g/mol. The molecule has 0 radical (unpaired) electrons. The van der Waals surface area contributed by atoms with Crippen LogP contribution in [0.1, 0.15) is 18.2 Å². The molecule has 0 fully saturated rings. The number of aromatic nitrogens is 2. The molecule has 0 aliphatic carbocycles. The first kappa shape index (κ1) is 19.2. The van der Waals surface area contributed by atoms with E-state index < -0.39 is 0 Å². The molecule has 0 spiro atoms. The van der Waals surface area contributed by atoms with Crippen molar-refractivity contribution < 1.29 is 9.57 Å². The molecule has 148 valence electrons. The monoisotopic (exact) mass is 409 g/mol. The minimum absolute atomic E-state index is 0.260. The van der Waals surface area contributed by atoms with Crippen LogP contribution >= 0.6 is 11.6 Å². The lowest BCUT2D eigenvalue weighted by atomic mass is 10.1. The van der Waals surface area contributed by atoms with Gasteiger partial charge in [0, 0.05) is 23.8 Å². The molecule has 4 rings (SSSR count). The number of nitrogens with zero attached hydrogens (tertiary/aromatic N) is 4. The Morgan fingerprint density at radius 1 is 1.03 bits per heavy atom. The van der Waals surface area contributed by atoms with Crippen molar-refractivity contribution in [1.29, 1.82) is 0 Å². The number of nitrogens with one attached hydrogen (secondary N) is 1. The molecule has 29 heavy (non-hydrogen) atoms. The maximum absolute atomic E-state index is 6.07. The molecular formula is C21H20ClN5O2. The summed E-state index contributed by atoms with van der Waals surface area (Å²) in [5.41, 5.74) is 6.48. The van der Waals surface area contributed by atoms with Gasteiger partial charge in [0.15, 0.2) is 0 Å². The third-order valence-corrected chi connectivity index (χ3v) is 4.44. The maximum atomic E-state index is 6.07. The van der Waals surface area contributed by atoms with Crippen molar-refractivity contribution in [2.24, 2.45) is 0 Å². The van der Waals surface area contributed by atoms with Crippen LogP contribution in [0.4, 0.5) is 0 Å². The maximum Gasteiger partial charge on any atom is 0.322 e. The van der Waals surface area contributed by atoms with Gasteiger partial charge in [-0.3, -0.25) is 10.3 Å². The van der Waals surface area contributed by atoms with Gasteiger partial charge in [0.2, 0.25) is 0 Å². The largest absolute Gasteiger partial charge is 0.424 e. The molecule has 7 nitrogen and oxygen atoms in total. The van der Waals surface area contributed by atoms with Crippen LogP contribution < -0.4 is 10.2 Å². The summed E-state index contributed by atoms with van der Waals surface area (Å²) in [5.74, 6) is 0.670. The Morgan fingerprint density at radius 3 is 2.52 bits per heavy atom. The predicted molar refractivity (Wildman–Crippen MR) is 111 cm³/mol. The standard InChI is InChI=1S/C21H20ClN5O2/c1-3-28-27-20(15-9-11-16(22)12-10-15)19(25-26(27)2)18-13-14-23-21(24-18)29-17-7-5-4-6-8-17/h4-14,25H,3H2,1-2H3. The average Bonchev–Trinajstić information content (AvgIpc) is 3.06. The van der Waals surface area contributed by atoms with Crippen molar-refractivity contribution in [2.45, 2.75) is 6.92 Å². The third-order valence-electron chi connectivity index (χ3n) is 4.19. The van der Waals surface area contributed by atoms with Crippen molar-refractivity contribution in [1.82, 2.24) is 25.7 Å². The summed E-state index contributed by atoms with van der Waals surface area (Å²) >= 11 is 6.07. The summed E-state index contributed by atoms with van der Waals surface area (Å²) in [6.07, 6.45) is 1.66. The van der Waals surface area contributed by atoms with E-state index in [4.69, 9.17) is 21.2 Å². The minimum Gasteiger partial charge on any atom is -0.424 e. The van der Waals surface area contributed by atoms with Gasteiger partial charge in [0.1, 0.15) is 17.1 Å². The first-order valence-electron chi connectivity index (χ1n) is 9.15. The fourth-order valence-electron chi connectivity index (χ4n) is 2.94. The molecule has 1 aliphatic heterocycles. The lowest BCUT2D eigenvalue weighted by Gasteiger charge is -2.26. The van der Waals surface area contributed by atoms with Gasteiger partial charge in [-0.25, -0.2) is 4.98 Å². The molecule has 0 saturated heterocycles. The van der Waals surface area contributed by atoms with Crippen LogP contribution in [0, 0.1) is 0 Å². The molecule has 1 aromatic heterocycles. The SMILES string of the molecule is CCON1C(c2ccc(Cl)cc2)=C(c2ccnc(Oc3ccccc3)n2)NN1C. The van der Waals surface area contributed by atoms with Gasteiger partial charge in [-0.15, -0.1) is 5.12 Å². The van der Waals surface area contributed by atoms with Crippen LogP contribution in [-0.4, -0.2) is 33.9 Å². The average molecular weight is 410 g/mol. The molecule has 0 amide bonds. The van der Waals surface area contributed by atoms with E-state index in [-0.39, 0.29) is 6.01 Å². The zero-order valence-corrected chi connectivity index (χ0v) is 16.8. The lowest BCUT2D eigenvalue weighted by molar-refractivity contribution is -0.230. The molecule has 8 heteroatoms. The first-order chi connectivity index (χ1) is 14.2. The van der Waals surface area contributed by atoms with Gasteiger partial charge in [0.25, 0.3) is 0 Å². The van der Waals surface area contributed by atoms with Crippen molar-refractivity contribution in [3.05, 3.63) is 83.1 Å². The van der Waals surface area contributed by atoms with E-state index in [1.165, 1.54) is 0 Å². The van der Waals surface area contributed by atoms with Crippen LogP contribution in [0.25, 0.3) is 11.4 Å². The second-order valence-electron chi connectivity index (χ2n) is 6.20. The highest BCUT2D eigenvalue weighted by atomic mass is 35.5. The summed E-state index contributed by atoms with van der Waals surface area (Å²) in [6.45, 7) is 2.43. The van der Waals surface area contributed by atoms with Gasteiger partial charge in [-0.2, -0.15) is 10.2 Å². The van der Waals surface area contributed by atoms with Crippen molar-refractivity contribution in [3.63, 3.8) is 0 Å². The molecule has 3 aromatic rings. The van der Waals surface area contributed by atoms with Crippen LogP contribution in [-0.2, 0) is 4.84 Å². The first-order valence-corrected chi connectivity index (χ1v) is 9.53. The van der Waals surface area contributed by atoms with E-state index in [1.807, 2.05) is 74.6 Å². The van der Waals surface area contributed by atoms with Gasteiger partial charge in [-0.05, 0) is 37.3 Å². The Morgan fingerprint density at radius 2 is 1.79 bits per heavy atom. The summed E-state index contributed by atoms with van der Waals surface area (Å²) < 4.78 is 5.79. The lowest BCUT2D eigenvalue weighted by Crippen LogP contribution is -2.39. The molecule has 0 unspecified atom stereocenters. The second-order valence-corrected chi connectivity index (χ2v) is 6.63. The molecule has 0 bridgehead atoms. The van der Waals surface area contributed by atoms with E-state index >= 15 is 0 Å². The number of rotatable bonds is 6. The molecule has 0 saturated carbocycles. The van der Waals surface area contributed by atoms with Gasteiger partial charge in [-0.1, -0.05) is 41.9 Å². The highest BCUT2D eigenvalue weighted by Gasteiger charge is 2.31. The number of hydrogen-bond donors (Lipinski definition) is 1. The Labute approximate surface area is 174 Å². The van der Waals surface area contributed by atoms with Crippen molar-refractivity contribution in [3.8, 4) is 11.8 Å². The third kappa shape index (κ3) is 4.17. The number of halogens is 1. The number of hydrogen-bond acceptors (Lipinski definition) is 7.